The van der Waals surface area contributed by atoms with E-state index < -0.39 is 10.0 Å². The van der Waals surface area contributed by atoms with Gasteiger partial charge in [-0.2, -0.15) is 0 Å². The predicted octanol–water partition coefficient (Wildman–Crippen LogP) is 1.90. The van der Waals surface area contributed by atoms with Crippen molar-refractivity contribution in [3.8, 4) is 11.3 Å². The number of hydrogen-bond acceptors (Lipinski definition) is 8. The van der Waals surface area contributed by atoms with Crippen LogP contribution in [0, 0.1) is 5.92 Å². The highest BCUT2D eigenvalue weighted by molar-refractivity contribution is 7.88. The van der Waals surface area contributed by atoms with Gasteiger partial charge in [-0.15, -0.1) is 0 Å². The summed E-state index contributed by atoms with van der Waals surface area (Å²) in [5.41, 5.74) is 4.62. The molecule has 174 valence electrons. The molecular weight excluding hydrogens is 440 g/mol. The minimum Gasteiger partial charge on any atom is -0.378 e. The maximum Gasteiger partial charge on any atom is 0.208 e. The number of nitrogens with zero attached hydrogens (tertiary/aromatic N) is 5. The first-order valence-electron chi connectivity index (χ1n) is 11.2. The molecule has 1 aromatic carbocycles. The molecular formula is C23H28N6O3S. The third-order valence-corrected chi connectivity index (χ3v) is 6.89. The van der Waals surface area contributed by atoms with Crippen LogP contribution in [0.15, 0.2) is 42.7 Å². The molecule has 10 heteroatoms. The minimum absolute atomic E-state index is 0.227. The number of nitrogens with one attached hydrogen (secondary N) is 1. The van der Waals surface area contributed by atoms with Crippen molar-refractivity contribution in [1.29, 1.82) is 0 Å². The van der Waals surface area contributed by atoms with Crippen molar-refractivity contribution in [2.75, 3.05) is 62.0 Å². The molecule has 0 aliphatic carbocycles. The monoisotopic (exact) mass is 468 g/mol. The molecule has 2 aliphatic heterocycles. The van der Waals surface area contributed by atoms with Gasteiger partial charge in [0.1, 0.15) is 5.52 Å². The second kappa shape index (κ2) is 9.20. The van der Waals surface area contributed by atoms with Crippen molar-refractivity contribution in [3.05, 3.63) is 42.7 Å². The molecule has 0 radical (unpaired) electrons. The molecule has 2 saturated heterocycles. The van der Waals surface area contributed by atoms with Gasteiger partial charge in [0.25, 0.3) is 0 Å². The predicted molar refractivity (Wildman–Crippen MR) is 129 cm³/mol. The highest BCUT2D eigenvalue weighted by Gasteiger charge is 2.26. The lowest BCUT2D eigenvalue weighted by Crippen LogP contribution is -2.36. The Morgan fingerprint density at radius 1 is 1.06 bits per heavy atom. The Bertz CT molecular complexity index is 1230. The molecule has 3 aromatic rings. The molecule has 2 aromatic heterocycles. The molecule has 9 nitrogen and oxygen atoms in total. The van der Waals surface area contributed by atoms with Gasteiger partial charge in [-0.1, -0.05) is 12.1 Å². The molecule has 4 heterocycles. The van der Waals surface area contributed by atoms with Gasteiger partial charge in [-0.05, 0) is 30.5 Å². The van der Waals surface area contributed by atoms with Crippen LogP contribution in [0.3, 0.4) is 0 Å². The van der Waals surface area contributed by atoms with Crippen molar-refractivity contribution in [1.82, 2.24) is 19.7 Å². The van der Waals surface area contributed by atoms with E-state index in [1.165, 1.54) is 11.9 Å². The van der Waals surface area contributed by atoms with Crippen LogP contribution in [-0.2, 0) is 14.8 Å². The number of rotatable bonds is 6. The van der Waals surface area contributed by atoms with Gasteiger partial charge in [0, 0.05) is 56.4 Å². The molecule has 5 rings (SSSR count). The van der Waals surface area contributed by atoms with Crippen molar-refractivity contribution in [2.24, 2.45) is 5.92 Å². The van der Waals surface area contributed by atoms with E-state index in [1.807, 2.05) is 6.07 Å². The number of benzene rings is 1. The molecule has 0 amide bonds. The molecule has 0 spiro atoms. The maximum atomic E-state index is 11.5. The molecule has 1 atom stereocenters. The summed E-state index contributed by atoms with van der Waals surface area (Å²) in [5.74, 6) is 1.03. The number of pyridine rings is 1. The first kappa shape index (κ1) is 22.0. The van der Waals surface area contributed by atoms with E-state index in [-0.39, 0.29) is 5.92 Å². The Morgan fingerprint density at radius 2 is 1.82 bits per heavy atom. The SMILES string of the molecule is CS(=O)(=O)NCC1CCN(c2nc(-c3ccc(N4CCOCC4)cc3)cc3nccnc23)C1. The summed E-state index contributed by atoms with van der Waals surface area (Å²) in [6, 6.07) is 10.4. The van der Waals surface area contributed by atoms with Gasteiger partial charge >= 0.3 is 0 Å². The lowest BCUT2D eigenvalue weighted by atomic mass is 10.1. The van der Waals surface area contributed by atoms with Crippen molar-refractivity contribution >= 4 is 32.6 Å². The summed E-state index contributed by atoms with van der Waals surface area (Å²) in [6.45, 7) is 5.27. The van der Waals surface area contributed by atoms with Gasteiger partial charge < -0.3 is 14.5 Å². The molecule has 1 N–H and O–H groups in total. The highest BCUT2D eigenvalue weighted by Crippen LogP contribution is 2.31. The van der Waals surface area contributed by atoms with Crippen LogP contribution in [0.4, 0.5) is 11.5 Å². The largest absolute Gasteiger partial charge is 0.378 e. The summed E-state index contributed by atoms with van der Waals surface area (Å²) in [7, 11) is -3.20. The third-order valence-electron chi connectivity index (χ3n) is 6.20. The van der Waals surface area contributed by atoms with Crippen molar-refractivity contribution in [2.45, 2.75) is 6.42 Å². The zero-order valence-corrected chi connectivity index (χ0v) is 19.5. The molecule has 0 saturated carbocycles. The fraction of sp³-hybridized carbons (Fsp3) is 0.435. The van der Waals surface area contributed by atoms with E-state index in [2.05, 4.69) is 48.8 Å². The van der Waals surface area contributed by atoms with Gasteiger partial charge in [0.2, 0.25) is 10.0 Å². The number of sulfonamides is 1. The summed E-state index contributed by atoms with van der Waals surface area (Å²) in [6.07, 6.45) is 5.46. The molecule has 2 fully saturated rings. The normalized spacial score (nSPS) is 19.4. The highest BCUT2D eigenvalue weighted by atomic mass is 32.2. The summed E-state index contributed by atoms with van der Waals surface area (Å²) >= 11 is 0. The van der Waals surface area contributed by atoms with Crippen LogP contribution in [-0.4, -0.2) is 75.6 Å². The minimum atomic E-state index is -3.20. The smallest absolute Gasteiger partial charge is 0.208 e. The Hall–Kier alpha value is -2.82. The number of ether oxygens (including phenoxy) is 1. The second-order valence-corrected chi connectivity index (χ2v) is 10.5. The van der Waals surface area contributed by atoms with Gasteiger partial charge in [0.15, 0.2) is 5.82 Å². The Balaban J connectivity index is 1.42. The average Bonchev–Trinajstić information content (AvgIpc) is 3.31. The van der Waals surface area contributed by atoms with Gasteiger partial charge in [-0.3, -0.25) is 4.98 Å². The lowest BCUT2D eigenvalue weighted by molar-refractivity contribution is 0.122. The standard InChI is InChI=1S/C23H28N6O3S/c1-33(30,31)26-15-17-6-9-29(16-17)23-22-21(24-7-8-25-22)14-20(27-23)18-2-4-19(5-3-18)28-10-12-32-13-11-28/h2-5,7-8,14,17,26H,6,9-13,15-16H2,1H3. The Morgan fingerprint density at radius 3 is 2.58 bits per heavy atom. The summed E-state index contributed by atoms with van der Waals surface area (Å²) in [5, 5.41) is 0. The first-order chi connectivity index (χ1) is 16.0. The van der Waals surface area contributed by atoms with E-state index in [4.69, 9.17) is 9.72 Å². The van der Waals surface area contributed by atoms with E-state index in [0.717, 1.165) is 73.9 Å². The van der Waals surface area contributed by atoms with E-state index >= 15 is 0 Å². The topological polar surface area (TPSA) is 101 Å². The Labute approximate surface area is 193 Å². The van der Waals surface area contributed by atoms with Crippen LogP contribution in [0.5, 0.6) is 0 Å². The van der Waals surface area contributed by atoms with Gasteiger partial charge in [0.05, 0.1) is 30.7 Å². The average molecular weight is 469 g/mol. The van der Waals surface area contributed by atoms with Crippen molar-refractivity contribution < 1.29 is 13.2 Å². The first-order valence-corrected chi connectivity index (χ1v) is 13.1. The second-order valence-electron chi connectivity index (χ2n) is 8.62. The van der Waals surface area contributed by atoms with Crippen LogP contribution in [0.1, 0.15) is 6.42 Å². The number of hydrogen-bond donors (Lipinski definition) is 1. The molecule has 2 aliphatic rings. The fourth-order valence-corrected chi connectivity index (χ4v) is 4.99. The fourth-order valence-electron chi connectivity index (χ4n) is 4.45. The van der Waals surface area contributed by atoms with Crippen LogP contribution in [0.2, 0.25) is 0 Å². The van der Waals surface area contributed by atoms with Crippen molar-refractivity contribution in [3.63, 3.8) is 0 Å². The quantitative estimate of drug-likeness (QED) is 0.586. The Kier molecular flexibility index (Phi) is 6.13. The molecule has 1 unspecified atom stereocenters. The van der Waals surface area contributed by atoms with E-state index in [9.17, 15) is 8.42 Å². The number of aromatic nitrogens is 3. The third kappa shape index (κ3) is 5.07. The van der Waals surface area contributed by atoms with E-state index in [1.54, 1.807) is 12.4 Å². The van der Waals surface area contributed by atoms with Crippen LogP contribution >= 0.6 is 0 Å². The zero-order valence-electron chi connectivity index (χ0n) is 18.6. The number of fused-ring (bicyclic) bond motifs is 1. The maximum absolute atomic E-state index is 11.5. The number of morpholine rings is 1. The lowest BCUT2D eigenvalue weighted by Gasteiger charge is -2.29. The summed E-state index contributed by atoms with van der Waals surface area (Å²) < 4.78 is 31.0. The van der Waals surface area contributed by atoms with Gasteiger partial charge in [-0.25, -0.2) is 23.1 Å². The van der Waals surface area contributed by atoms with E-state index in [0.29, 0.717) is 6.54 Å². The molecule has 33 heavy (non-hydrogen) atoms. The zero-order chi connectivity index (χ0) is 22.8. The number of anilines is 2. The molecule has 0 bridgehead atoms. The van der Waals surface area contributed by atoms with Crippen LogP contribution in [0.25, 0.3) is 22.3 Å². The summed E-state index contributed by atoms with van der Waals surface area (Å²) in [4.78, 5) is 18.6. The van der Waals surface area contributed by atoms with Crippen LogP contribution < -0.4 is 14.5 Å².